The largest absolute Gasteiger partial charge is 0.409 e. The van der Waals surface area contributed by atoms with Gasteiger partial charge in [-0.05, 0) is 32.6 Å². The fraction of sp³-hybridized carbons (Fsp3) is 0.867. The van der Waals surface area contributed by atoms with Crippen LogP contribution in [-0.2, 0) is 9.53 Å². The van der Waals surface area contributed by atoms with Crippen molar-refractivity contribution in [3.63, 3.8) is 0 Å². The number of amides is 1. The van der Waals surface area contributed by atoms with E-state index in [-0.39, 0.29) is 23.9 Å². The Labute approximate surface area is 126 Å². The first-order chi connectivity index (χ1) is 10.1. The van der Waals surface area contributed by atoms with E-state index in [0.29, 0.717) is 19.4 Å². The Morgan fingerprint density at radius 2 is 2.00 bits per heavy atom. The molecule has 1 amide bonds. The number of oxime groups is 1. The van der Waals surface area contributed by atoms with Crippen molar-refractivity contribution < 1.29 is 14.7 Å². The maximum Gasteiger partial charge on any atom is 0.234 e. The third-order valence-corrected chi connectivity index (χ3v) is 4.81. The second-order valence-corrected chi connectivity index (χ2v) is 6.36. The zero-order chi connectivity index (χ0) is 15.3. The molecule has 0 bridgehead atoms. The van der Waals surface area contributed by atoms with Gasteiger partial charge in [0.2, 0.25) is 5.91 Å². The highest BCUT2D eigenvalue weighted by Gasteiger charge is 2.43. The summed E-state index contributed by atoms with van der Waals surface area (Å²) in [6.07, 6.45) is 7.20. The van der Waals surface area contributed by atoms with Crippen LogP contribution >= 0.6 is 0 Å². The van der Waals surface area contributed by atoms with Crippen molar-refractivity contribution in [3.8, 4) is 0 Å². The van der Waals surface area contributed by atoms with E-state index >= 15 is 0 Å². The van der Waals surface area contributed by atoms with Crippen molar-refractivity contribution in [1.82, 2.24) is 5.32 Å². The SMILES string of the molecule is CC1CC(NC(=O)C2(C(N)=NO)CCCCCC2)CCO1. The lowest BCUT2D eigenvalue weighted by Crippen LogP contribution is -2.53. The molecule has 2 unspecified atom stereocenters. The van der Waals surface area contributed by atoms with Gasteiger partial charge in [-0.15, -0.1) is 0 Å². The Morgan fingerprint density at radius 1 is 1.33 bits per heavy atom. The maximum absolute atomic E-state index is 12.8. The number of hydrogen-bond donors (Lipinski definition) is 3. The highest BCUT2D eigenvalue weighted by molar-refractivity contribution is 6.06. The first-order valence-corrected chi connectivity index (χ1v) is 7.99. The minimum atomic E-state index is -0.840. The molecule has 6 heteroatoms. The van der Waals surface area contributed by atoms with E-state index < -0.39 is 5.41 Å². The van der Waals surface area contributed by atoms with Crippen LogP contribution in [0.5, 0.6) is 0 Å². The minimum absolute atomic E-state index is 0.0574. The van der Waals surface area contributed by atoms with E-state index in [1.165, 1.54) is 0 Å². The molecule has 1 saturated carbocycles. The summed E-state index contributed by atoms with van der Waals surface area (Å²) in [6, 6.07) is 0.118. The number of nitrogens with two attached hydrogens (primary N) is 1. The number of rotatable bonds is 3. The molecule has 0 aromatic heterocycles. The van der Waals surface area contributed by atoms with Gasteiger partial charge in [-0.3, -0.25) is 4.79 Å². The summed E-state index contributed by atoms with van der Waals surface area (Å²) in [5, 5.41) is 15.4. The molecule has 21 heavy (non-hydrogen) atoms. The van der Waals surface area contributed by atoms with Crippen LogP contribution in [0.2, 0.25) is 0 Å². The molecule has 1 aliphatic heterocycles. The lowest BCUT2D eigenvalue weighted by Gasteiger charge is -2.34. The van der Waals surface area contributed by atoms with Crippen molar-refractivity contribution in [1.29, 1.82) is 0 Å². The Kier molecular flexibility index (Phi) is 5.45. The molecule has 6 nitrogen and oxygen atoms in total. The third-order valence-electron chi connectivity index (χ3n) is 4.81. The van der Waals surface area contributed by atoms with Crippen LogP contribution < -0.4 is 11.1 Å². The summed E-state index contributed by atoms with van der Waals surface area (Å²) < 4.78 is 5.51. The van der Waals surface area contributed by atoms with Crippen LogP contribution in [0.1, 0.15) is 58.3 Å². The topological polar surface area (TPSA) is 96.9 Å². The molecule has 120 valence electrons. The van der Waals surface area contributed by atoms with Gasteiger partial charge in [0.15, 0.2) is 5.84 Å². The molecule has 2 aliphatic rings. The van der Waals surface area contributed by atoms with Crippen LogP contribution in [0, 0.1) is 5.41 Å². The summed E-state index contributed by atoms with van der Waals surface area (Å²) in [6.45, 7) is 2.69. The Bertz CT molecular complexity index is 390. The number of ether oxygens (including phenoxy) is 1. The molecule has 4 N–H and O–H groups in total. The molecule has 0 spiro atoms. The normalized spacial score (nSPS) is 30.4. The fourth-order valence-electron chi connectivity index (χ4n) is 3.48. The predicted molar refractivity (Wildman–Crippen MR) is 80.1 cm³/mol. The summed E-state index contributed by atoms with van der Waals surface area (Å²) >= 11 is 0. The average Bonchev–Trinajstić information content (AvgIpc) is 2.73. The molecular formula is C15H27N3O3. The molecule has 2 rings (SSSR count). The quantitative estimate of drug-likeness (QED) is 0.243. The summed E-state index contributed by atoms with van der Waals surface area (Å²) in [7, 11) is 0. The Morgan fingerprint density at radius 3 is 2.57 bits per heavy atom. The second kappa shape index (κ2) is 7.11. The number of nitrogens with zero attached hydrogens (tertiary/aromatic N) is 1. The molecule has 1 aliphatic carbocycles. The molecule has 2 atom stereocenters. The van der Waals surface area contributed by atoms with Gasteiger partial charge < -0.3 is 21.0 Å². The highest BCUT2D eigenvalue weighted by Crippen LogP contribution is 2.36. The first kappa shape index (κ1) is 16.1. The molecular weight excluding hydrogens is 270 g/mol. The van der Waals surface area contributed by atoms with Crippen molar-refractivity contribution in [2.75, 3.05) is 6.61 Å². The van der Waals surface area contributed by atoms with Crippen LogP contribution in [0.3, 0.4) is 0 Å². The summed E-state index contributed by atoms with van der Waals surface area (Å²) in [5.41, 5.74) is 5.06. The number of hydrogen-bond acceptors (Lipinski definition) is 4. The van der Waals surface area contributed by atoms with Crippen LogP contribution in [0.4, 0.5) is 0 Å². The number of nitrogens with one attached hydrogen (secondary N) is 1. The van der Waals surface area contributed by atoms with Gasteiger partial charge in [0, 0.05) is 12.6 Å². The van der Waals surface area contributed by atoms with Gasteiger partial charge in [0.25, 0.3) is 0 Å². The van der Waals surface area contributed by atoms with E-state index in [9.17, 15) is 4.79 Å². The van der Waals surface area contributed by atoms with Gasteiger partial charge in [-0.1, -0.05) is 30.8 Å². The molecule has 1 saturated heterocycles. The smallest absolute Gasteiger partial charge is 0.234 e. The number of carbonyl (C=O) groups is 1. The van der Waals surface area contributed by atoms with Crippen molar-refractivity contribution in [3.05, 3.63) is 0 Å². The lowest BCUT2D eigenvalue weighted by atomic mass is 9.78. The van der Waals surface area contributed by atoms with Gasteiger partial charge in [0.05, 0.1) is 6.10 Å². The Hall–Kier alpha value is -1.30. The standard InChI is InChI=1S/C15H27N3O3/c1-11-10-12(6-9-21-11)17-14(19)15(13(16)18-20)7-4-2-3-5-8-15/h11-12,20H,2-10H2,1H3,(H2,16,18)(H,17,19). The van der Waals surface area contributed by atoms with E-state index in [2.05, 4.69) is 10.5 Å². The molecule has 2 fully saturated rings. The van der Waals surface area contributed by atoms with Crippen molar-refractivity contribution in [2.45, 2.75) is 70.4 Å². The van der Waals surface area contributed by atoms with Crippen LogP contribution in [-0.4, -0.2) is 35.7 Å². The highest BCUT2D eigenvalue weighted by atomic mass is 16.5. The van der Waals surface area contributed by atoms with Gasteiger partial charge in [0.1, 0.15) is 5.41 Å². The van der Waals surface area contributed by atoms with Gasteiger partial charge in [-0.2, -0.15) is 0 Å². The summed E-state index contributed by atoms with van der Waals surface area (Å²) in [5.74, 6) is -0.0270. The van der Waals surface area contributed by atoms with E-state index in [0.717, 1.165) is 38.5 Å². The second-order valence-electron chi connectivity index (χ2n) is 6.36. The van der Waals surface area contributed by atoms with Gasteiger partial charge >= 0.3 is 0 Å². The Balaban J connectivity index is 2.10. The molecule has 0 radical (unpaired) electrons. The lowest BCUT2D eigenvalue weighted by molar-refractivity contribution is -0.130. The van der Waals surface area contributed by atoms with Gasteiger partial charge in [-0.25, -0.2) is 0 Å². The maximum atomic E-state index is 12.8. The van der Waals surface area contributed by atoms with Crippen LogP contribution in [0.25, 0.3) is 0 Å². The zero-order valence-corrected chi connectivity index (χ0v) is 12.8. The average molecular weight is 297 g/mol. The monoisotopic (exact) mass is 297 g/mol. The van der Waals surface area contributed by atoms with E-state index in [1.807, 2.05) is 6.92 Å². The zero-order valence-electron chi connectivity index (χ0n) is 12.8. The molecule has 0 aromatic carbocycles. The number of carbonyl (C=O) groups excluding carboxylic acids is 1. The fourth-order valence-corrected chi connectivity index (χ4v) is 3.48. The van der Waals surface area contributed by atoms with Crippen LogP contribution in [0.15, 0.2) is 5.16 Å². The van der Waals surface area contributed by atoms with Crippen molar-refractivity contribution in [2.24, 2.45) is 16.3 Å². The first-order valence-electron chi connectivity index (χ1n) is 7.99. The van der Waals surface area contributed by atoms with E-state index in [4.69, 9.17) is 15.7 Å². The van der Waals surface area contributed by atoms with E-state index in [1.54, 1.807) is 0 Å². The molecule has 1 heterocycles. The number of amidine groups is 1. The third kappa shape index (κ3) is 3.67. The van der Waals surface area contributed by atoms with Crippen molar-refractivity contribution >= 4 is 11.7 Å². The predicted octanol–water partition coefficient (Wildman–Crippen LogP) is 1.76. The minimum Gasteiger partial charge on any atom is -0.409 e. The summed E-state index contributed by atoms with van der Waals surface area (Å²) in [4.78, 5) is 12.8. The molecule has 0 aromatic rings.